The Hall–Kier alpha value is -2.67. The third-order valence-corrected chi connectivity index (χ3v) is 2.83. The lowest BCUT2D eigenvalue weighted by Crippen LogP contribution is -2.31. The molecule has 2 rings (SSSR count). The summed E-state index contributed by atoms with van der Waals surface area (Å²) in [5.41, 5.74) is 0.962. The van der Waals surface area contributed by atoms with E-state index in [1.54, 1.807) is 18.2 Å². The summed E-state index contributed by atoms with van der Waals surface area (Å²) in [5, 5.41) is 8.71. The normalized spacial score (nSPS) is 9.80. The highest BCUT2D eigenvalue weighted by molar-refractivity contribution is 6.06. The Kier molecular flexibility index (Phi) is 4.46. The minimum absolute atomic E-state index is 0.218. The van der Waals surface area contributed by atoms with Gasteiger partial charge in [0.05, 0.1) is 12.5 Å². The molecule has 1 amide bonds. The van der Waals surface area contributed by atoms with Crippen LogP contribution in [0.3, 0.4) is 0 Å². The molecule has 0 aliphatic carbocycles. The summed E-state index contributed by atoms with van der Waals surface area (Å²) in [4.78, 5) is 13.9. The molecule has 0 radical (unpaired) electrons. The van der Waals surface area contributed by atoms with Gasteiger partial charge in [-0.3, -0.25) is 4.79 Å². The number of para-hydroxylation sites is 1. The molecule has 2 aromatic rings. The Labute approximate surface area is 116 Å². The number of benzene rings is 2. The molecule has 3 nitrogen and oxygen atoms in total. The third kappa shape index (κ3) is 3.21. The SMILES string of the molecule is N#CCCN(C(=O)c1cccc(F)c1)c1ccccc1. The summed E-state index contributed by atoms with van der Waals surface area (Å²) in [6.45, 7) is 0.274. The van der Waals surface area contributed by atoms with Crippen LogP contribution in [0.15, 0.2) is 54.6 Å². The molecule has 0 aromatic heterocycles. The third-order valence-electron chi connectivity index (χ3n) is 2.83. The van der Waals surface area contributed by atoms with Crippen LogP contribution in [0.1, 0.15) is 16.8 Å². The van der Waals surface area contributed by atoms with E-state index in [9.17, 15) is 9.18 Å². The van der Waals surface area contributed by atoms with Crippen LogP contribution in [0, 0.1) is 17.1 Å². The van der Waals surface area contributed by atoms with E-state index in [1.165, 1.54) is 23.1 Å². The molecule has 0 aliphatic rings. The Morgan fingerprint density at radius 3 is 2.55 bits per heavy atom. The van der Waals surface area contributed by atoms with E-state index in [0.717, 1.165) is 0 Å². The van der Waals surface area contributed by atoms with E-state index < -0.39 is 5.82 Å². The van der Waals surface area contributed by atoms with Gasteiger partial charge in [-0.1, -0.05) is 24.3 Å². The van der Waals surface area contributed by atoms with E-state index in [0.29, 0.717) is 5.69 Å². The van der Waals surface area contributed by atoms with Gasteiger partial charge in [0, 0.05) is 17.8 Å². The van der Waals surface area contributed by atoms with E-state index in [-0.39, 0.29) is 24.4 Å². The molecule has 0 aliphatic heterocycles. The van der Waals surface area contributed by atoms with Gasteiger partial charge in [-0.05, 0) is 30.3 Å². The largest absolute Gasteiger partial charge is 0.307 e. The van der Waals surface area contributed by atoms with Gasteiger partial charge in [-0.25, -0.2) is 4.39 Å². The second-order valence-electron chi connectivity index (χ2n) is 4.21. The number of nitriles is 1. The average Bonchev–Trinajstić information content (AvgIpc) is 2.48. The van der Waals surface area contributed by atoms with Crippen LogP contribution in [-0.2, 0) is 0 Å². The zero-order valence-corrected chi connectivity index (χ0v) is 10.8. The lowest BCUT2D eigenvalue weighted by atomic mass is 10.1. The smallest absolute Gasteiger partial charge is 0.258 e. The number of hydrogen-bond acceptors (Lipinski definition) is 2. The van der Waals surface area contributed by atoms with Crippen LogP contribution >= 0.6 is 0 Å². The van der Waals surface area contributed by atoms with Crippen molar-refractivity contribution in [2.24, 2.45) is 0 Å². The molecule has 0 unspecified atom stereocenters. The first-order valence-corrected chi connectivity index (χ1v) is 6.22. The first kappa shape index (κ1) is 13.8. The summed E-state index contributed by atoms with van der Waals surface area (Å²) >= 11 is 0. The van der Waals surface area contributed by atoms with Gasteiger partial charge >= 0.3 is 0 Å². The fourth-order valence-electron chi connectivity index (χ4n) is 1.89. The molecule has 4 heteroatoms. The van der Waals surface area contributed by atoms with Gasteiger partial charge in [0.2, 0.25) is 0 Å². The van der Waals surface area contributed by atoms with Crippen molar-refractivity contribution in [2.45, 2.75) is 6.42 Å². The van der Waals surface area contributed by atoms with Gasteiger partial charge in [-0.2, -0.15) is 5.26 Å². The van der Waals surface area contributed by atoms with E-state index >= 15 is 0 Å². The van der Waals surface area contributed by atoms with Crippen LogP contribution < -0.4 is 4.90 Å². The molecule has 100 valence electrons. The van der Waals surface area contributed by atoms with Crippen LogP contribution in [0.25, 0.3) is 0 Å². The lowest BCUT2D eigenvalue weighted by Gasteiger charge is -2.21. The zero-order chi connectivity index (χ0) is 14.4. The number of amides is 1. The van der Waals surface area contributed by atoms with E-state index in [2.05, 4.69) is 0 Å². The first-order chi connectivity index (χ1) is 9.72. The fourth-order valence-corrected chi connectivity index (χ4v) is 1.89. The van der Waals surface area contributed by atoms with Crippen LogP contribution in [0.4, 0.5) is 10.1 Å². The molecule has 0 fully saturated rings. The molecule has 0 heterocycles. The van der Waals surface area contributed by atoms with Crippen molar-refractivity contribution in [1.82, 2.24) is 0 Å². The van der Waals surface area contributed by atoms with Gasteiger partial charge in [0.15, 0.2) is 0 Å². The molecule has 0 saturated heterocycles. The molecule has 0 saturated carbocycles. The number of hydrogen-bond donors (Lipinski definition) is 0. The lowest BCUT2D eigenvalue weighted by molar-refractivity contribution is 0.0987. The Morgan fingerprint density at radius 1 is 1.15 bits per heavy atom. The molecule has 0 bridgehead atoms. The topological polar surface area (TPSA) is 44.1 Å². The minimum Gasteiger partial charge on any atom is -0.307 e. The Bertz CT molecular complexity index is 634. The molecule has 20 heavy (non-hydrogen) atoms. The second kappa shape index (κ2) is 6.48. The highest BCUT2D eigenvalue weighted by Crippen LogP contribution is 2.17. The average molecular weight is 268 g/mol. The first-order valence-electron chi connectivity index (χ1n) is 6.22. The number of carbonyl (C=O) groups is 1. The highest BCUT2D eigenvalue weighted by Gasteiger charge is 2.17. The predicted octanol–water partition coefficient (Wildman–Crippen LogP) is 3.39. The molecule has 0 atom stereocenters. The van der Waals surface area contributed by atoms with Crippen LogP contribution in [-0.4, -0.2) is 12.5 Å². The summed E-state index contributed by atoms with van der Waals surface area (Å²) in [7, 11) is 0. The van der Waals surface area contributed by atoms with Gasteiger partial charge in [-0.15, -0.1) is 0 Å². The summed E-state index contributed by atoms with van der Waals surface area (Å²) in [6, 6.07) is 16.6. The molecule has 0 N–H and O–H groups in total. The van der Waals surface area contributed by atoms with Crippen molar-refractivity contribution in [2.75, 3.05) is 11.4 Å². The van der Waals surface area contributed by atoms with E-state index in [1.807, 2.05) is 24.3 Å². The monoisotopic (exact) mass is 268 g/mol. The van der Waals surface area contributed by atoms with Crippen LogP contribution in [0.2, 0.25) is 0 Å². The maximum atomic E-state index is 13.2. The van der Waals surface area contributed by atoms with Crippen molar-refractivity contribution in [3.05, 3.63) is 66.0 Å². The number of nitrogens with zero attached hydrogens (tertiary/aromatic N) is 2. The molecular formula is C16H13FN2O. The quantitative estimate of drug-likeness (QED) is 0.853. The van der Waals surface area contributed by atoms with E-state index in [4.69, 9.17) is 5.26 Å². The van der Waals surface area contributed by atoms with Crippen LogP contribution in [0.5, 0.6) is 0 Å². The van der Waals surface area contributed by atoms with Gasteiger partial charge in [0.1, 0.15) is 5.82 Å². The minimum atomic E-state index is -0.454. The standard InChI is InChI=1S/C16H13FN2O/c17-14-7-4-6-13(12-14)16(20)19(11-5-10-18)15-8-2-1-3-9-15/h1-4,6-9,12H,5,11H2. The van der Waals surface area contributed by atoms with Crippen molar-refractivity contribution in [3.63, 3.8) is 0 Å². The summed E-state index contributed by atoms with van der Waals surface area (Å²) < 4.78 is 13.2. The Morgan fingerprint density at radius 2 is 1.90 bits per heavy atom. The maximum Gasteiger partial charge on any atom is 0.258 e. The molecule has 0 spiro atoms. The second-order valence-corrected chi connectivity index (χ2v) is 4.21. The van der Waals surface area contributed by atoms with Crippen molar-refractivity contribution in [3.8, 4) is 6.07 Å². The van der Waals surface area contributed by atoms with Crippen molar-refractivity contribution >= 4 is 11.6 Å². The zero-order valence-electron chi connectivity index (χ0n) is 10.8. The number of rotatable bonds is 4. The molecule has 2 aromatic carbocycles. The van der Waals surface area contributed by atoms with Crippen molar-refractivity contribution < 1.29 is 9.18 Å². The van der Waals surface area contributed by atoms with Gasteiger partial charge < -0.3 is 4.90 Å². The number of carbonyl (C=O) groups excluding carboxylic acids is 1. The summed E-state index contributed by atoms with van der Waals surface area (Å²) in [5.74, 6) is -0.768. The molecular weight excluding hydrogens is 255 g/mol. The summed E-state index contributed by atoms with van der Waals surface area (Å²) in [6.07, 6.45) is 0.218. The number of anilines is 1. The maximum absolute atomic E-state index is 13.2. The van der Waals surface area contributed by atoms with Gasteiger partial charge in [0.25, 0.3) is 5.91 Å². The fraction of sp³-hybridized carbons (Fsp3) is 0.125. The highest BCUT2D eigenvalue weighted by atomic mass is 19.1. The Balaban J connectivity index is 2.32. The number of halogens is 1. The predicted molar refractivity (Wildman–Crippen MR) is 74.7 cm³/mol. The van der Waals surface area contributed by atoms with Crippen molar-refractivity contribution in [1.29, 1.82) is 5.26 Å².